The lowest BCUT2D eigenvalue weighted by Gasteiger charge is -2.32. The summed E-state index contributed by atoms with van der Waals surface area (Å²) in [6, 6.07) is 0. The van der Waals surface area contributed by atoms with Crippen LogP contribution in [0.2, 0.25) is 0 Å². The second kappa shape index (κ2) is 3.70. The lowest BCUT2D eigenvalue weighted by molar-refractivity contribution is -0.0460. The Hall–Kier alpha value is -0.160. The SMILES string of the molecule is CC1(C)COCN1C(O)CCN. The summed E-state index contributed by atoms with van der Waals surface area (Å²) in [4.78, 5) is 1.93. The fourth-order valence-corrected chi connectivity index (χ4v) is 1.45. The van der Waals surface area contributed by atoms with Crippen LogP contribution in [0.3, 0.4) is 0 Å². The summed E-state index contributed by atoms with van der Waals surface area (Å²) in [6.45, 7) is 5.80. The molecule has 1 fully saturated rings. The second-order valence-corrected chi connectivity index (χ2v) is 3.82. The van der Waals surface area contributed by atoms with Gasteiger partial charge in [0, 0.05) is 5.54 Å². The first-order valence-corrected chi connectivity index (χ1v) is 4.30. The van der Waals surface area contributed by atoms with Crippen molar-refractivity contribution < 1.29 is 9.84 Å². The van der Waals surface area contributed by atoms with Crippen molar-refractivity contribution >= 4 is 0 Å². The van der Waals surface area contributed by atoms with Gasteiger partial charge in [0.05, 0.1) is 6.61 Å². The predicted molar refractivity (Wildman–Crippen MR) is 46.4 cm³/mol. The number of aliphatic hydroxyl groups is 1. The predicted octanol–water partition coefficient (Wildman–Crippen LogP) is -0.278. The minimum Gasteiger partial charge on any atom is -0.378 e. The summed E-state index contributed by atoms with van der Waals surface area (Å²) in [5.41, 5.74) is 5.30. The number of ether oxygens (including phenoxy) is 1. The van der Waals surface area contributed by atoms with E-state index in [4.69, 9.17) is 10.5 Å². The number of hydrogen-bond donors (Lipinski definition) is 2. The quantitative estimate of drug-likeness (QED) is 0.618. The third-order valence-corrected chi connectivity index (χ3v) is 2.25. The molecular formula is C8H18N2O2. The van der Waals surface area contributed by atoms with E-state index in [9.17, 15) is 5.11 Å². The molecule has 1 aliphatic rings. The minimum absolute atomic E-state index is 0.0609. The first-order valence-electron chi connectivity index (χ1n) is 4.30. The molecule has 1 unspecified atom stereocenters. The maximum Gasteiger partial charge on any atom is 0.110 e. The van der Waals surface area contributed by atoms with Crippen molar-refractivity contribution in [2.75, 3.05) is 19.9 Å². The highest BCUT2D eigenvalue weighted by Gasteiger charge is 2.36. The van der Waals surface area contributed by atoms with Crippen LogP contribution in [0.15, 0.2) is 0 Å². The molecule has 0 aliphatic carbocycles. The number of aliphatic hydroxyl groups excluding tert-OH is 1. The lowest BCUT2D eigenvalue weighted by Crippen LogP contribution is -2.47. The maximum absolute atomic E-state index is 9.65. The molecule has 4 nitrogen and oxygen atoms in total. The van der Waals surface area contributed by atoms with E-state index in [0.717, 1.165) is 0 Å². The maximum atomic E-state index is 9.65. The fraction of sp³-hybridized carbons (Fsp3) is 1.00. The van der Waals surface area contributed by atoms with Gasteiger partial charge in [0.15, 0.2) is 0 Å². The van der Waals surface area contributed by atoms with Crippen LogP contribution >= 0.6 is 0 Å². The van der Waals surface area contributed by atoms with Crippen LogP contribution in [0.1, 0.15) is 20.3 Å². The average Bonchev–Trinajstić information content (AvgIpc) is 2.30. The number of nitrogens with zero attached hydrogens (tertiary/aromatic N) is 1. The summed E-state index contributed by atoms with van der Waals surface area (Å²) >= 11 is 0. The monoisotopic (exact) mass is 174 g/mol. The molecule has 4 heteroatoms. The summed E-state index contributed by atoms with van der Waals surface area (Å²) < 4.78 is 5.26. The zero-order valence-corrected chi connectivity index (χ0v) is 7.79. The first-order chi connectivity index (χ1) is 5.58. The average molecular weight is 174 g/mol. The van der Waals surface area contributed by atoms with E-state index in [1.165, 1.54) is 0 Å². The van der Waals surface area contributed by atoms with Crippen molar-refractivity contribution in [2.45, 2.75) is 32.0 Å². The van der Waals surface area contributed by atoms with Gasteiger partial charge in [-0.25, -0.2) is 4.90 Å². The van der Waals surface area contributed by atoms with Crippen molar-refractivity contribution in [3.8, 4) is 0 Å². The molecular weight excluding hydrogens is 156 g/mol. The smallest absolute Gasteiger partial charge is 0.110 e. The number of rotatable bonds is 3. The van der Waals surface area contributed by atoms with E-state index in [1.807, 2.05) is 4.90 Å². The third-order valence-electron chi connectivity index (χ3n) is 2.25. The highest BCUT2D eigenvalue weighted by Crippen LogP contribution is 2.23. The van der Waals surface area contributed by atoms with Crippen molar-refractivity contribution in [1.82, 2.24) is 4.90 Å². The van der Waals surface area contributed by atoms with Gasteiger partial charge >= 0.3 is 0 Å². The van der Waals surface area contributed by atoms with Crippen molar-refractivity contribution in [2.24, 2.45) is 5.73 Å². The molecule has 1 aliphatic heterocycles. The molecule has 3 N–H and O–H groups in total. The summed E-state index contributed by atoms with van der Waals surface area (Å²) in [7, 11) is 0. The Labute approximate surface area is 73.3 Å². The van der Waals surface area contributed by atoms with Crippen LogP contribution in [-0.4, -0.2) is 41.7 Å². The second-order valence-electron chi connectivity index (χ2n) is 3.82. The highest BCUT2D eigenvalue weighted by atomic mass is 16.5. The molecule has 0 saturated carbocycles. The van der Waals surface area contributed by atoms with Gasteiger partial charge < -0.3 is 15.6 Å². The molecule has 0 aromatic carbocycles. The minimum atomic E-state index is -0.465. The van der Waals surface area contributed by atoms with E-state index < -0.39 is 6.23 Å². The molecule has 0 bridgehead atoms. The van der Waals surface area contributed by atoms with Crippen molar-refractivity contribution in [3.05, 3.63) is 0 Å². The Morgan fingerprint density at radius 3 is 2.75 bits per heavy atom. The van der Waals surface area contributed by atoms with E-state index in [0.29, 0.717) is 26.3 Å². The van der Waals surface area contributed by atoms with Crippen LogP contribution in [0, 0.1) is 0 Å². The van der Waals surface area contributed by atoms with Gasteiger partial charge in [-0.15, -0.1) is 0 Å². The fourth-order valence-electron chi connectivity index (χ4n) is 1.45. The van der Waals surface area contributed by atoms with Crippen molar-refractivity contribution in [3.63, 3.8) is 0 Å². The van der Waals surface area contributed by atoms with E-state index in [-0.39, 0.29) is 5.54 Å². The molecule has 0 aromatic rings. The molecule has 0 amide bonds. The zero-order valence-electron chi connectivity index (χ0n) is 7.79. The van der Waals surface area contributed by atoms with Gasteiger partial charge in [0.1, 0.15) is 13.0 Å². The Morgan fingerprint density at radius 2 is 2.33 bits per heavy atom. The molecule has 12 heavy (non-hydrogen) atoms. The Kier molecular flexibility index (Phi) is 3.06. The molecule has 1 rings (SSSR count). The number of nitrogens with two attached hydrogens (primary N) is 1. The zero-order chi connectivity index (χ0) is 9.19. The van der Waals surface area contributed by atoms with Crippen molar-refractivity contribution in [1.29, 1.82) is 0 Å². The Bertz CT molecular complexity index is 150. The largest absolute Gasteiger partial charge is 0.378 e. The third kappa shape index (κ3) is 1.95. The Balaban J connectivity index is 2.50. The van der Waals surface area contributed by atoms with Crippen LogP contribution in [0.4, 0.5) is 0 Å². The summed E-state index contributed by atoms with van der Waals surface area (Å²) in [5.74, 6) is 0. The first kappa shape index (κ1) is 9.92. The van der Waals surface area contributed by atoms with E-state index in [1.54, 1.807) is 0 Å². The van der Waals surface area contributed by atoms with Gasteiger partial charge in [-0.2, -0.15) is 0 Å². The van der Waals surface area contributed by atoms with Crippen LogP contribution in [-0.2, 0) is 4.74 Å². The molecule has 1 atom stereocenters. The number of hydrogen-bond acceptors (Lipinski definition) is 4. The summed E-state index contributed by atoms with van der Waals surface area (Å²) in [6.07, 6.45) is 0.139. The standard InChI is InChI=1S/C8H18N2O2/c1-8(2)5-12-6-10(8)7(11)3-4-9/h7,11H,3-6,9H2,1-2H3. The molecule has 0 radical (unpaired) electrons. The Morgan fingerprint density at radius 1 is 1.67 bits per heavy atom. The van der Waals surface area contributed by atoms with E-state index >= 15 is 0 Å². The summed E-state index contributed by atoms with van der Waals surface area (Å²) in [5, 5.41) is 9.65. The van der Waals surface area contributed by atoms with Crippen LogP contribution < -0.4 is 5.73 Å². The molecule has 1 heterocycles. The molecule has 0 aromatic heterocycles. The topological polar surface area (TPSA) is 58.7 Å². The molecule has 0 spiro atoms. The normalized spacial score (nSPS) is 26.0. The van der Waals surface area contributed by atoms with E-state index in [2.05, 4.69) is 13.8 Å². The van der Waals surface area contributed by atoms with Gasteiger partial charge in [0.2, 0.25) is 0 Å². The lowest BCUT2D eigenvalue weighted by atomic mass is 10.1. The van der Waals surface area contributed by atoms with Crippen LogP contribution in [0.5, 0.6) is 0 Å². The van der Waals surface area contributed by atoms with Gasteiger partial charge in [-0.05, 0) is 26.8 Å². The molecule has 72 valence electrons. The van der Waals surface area contributed by atoms with Gasteiger partial charge in [-0.1, -0.05) is 0 Å². The van der Waals surface area contributed by atoms with Crippen LogP contribution in [0.25, 0.3) is 0 Å². The molecule has 1 saturated heterocycles. The van der Waals surface area contributed by atoms with Gasteiger partial charge in [0.25, 0.3) is 0 Å². The van der Waals surface area contributed by atoms with Gasteiger partial charge in [-0.3, -0.25) is 0 Å². The highest BCUT2D eigenvalue weighted by molar-refractivity contribution is 4.85.